The molecule has 3 rings (SSSR count). The molecule has 1 aliphatic rings. The van der Waals surface area contributed by atoms with Gasteiger partial charge < -0.3 is 25.1 Å². The van der Waals surface area contributed by atoms with Crippen LogP contribution in [0.5, 0.6) is 0 Å². The molecule has 2 atom stereocenters. The fourth-order valence-corrected chi connectivity index (χ4v) is 3.86. The van der Waals surface area contributed by atoms with Crippen LogP contribution in [0.3, 0.4) is 0 Å². The molecule has 2 amide bonds. The number of hydrogen-bond donors (Lipinski definition) is 2. The van der Waals surface area contributed by atoms with Gasteiger partial charge in [-0.05, 0) is 52.5 Å². The standard InChI is InChI=1S/C25H35BN4O5/c1-24(2)25(3,4)35-26(34-24)20(13-9-12-17-10-7-6-8-11-17)30-23(32)19(16-33-5)22-28-14-18(15-29-22)21(27)31/h6-8,10-11,14-15,19-20H,9,12-13,16H2,1-5H3,(H2,27,31)(H,30,32)/t19-,20-/m0/s1. The number of nitrogens with zero attached hydrogens (tertiary/aromatic N) is 2. The number of aryl methyl sites for hydroxylation is 1. The number of carbonyl (C=O) groups excluding carboxylic acids is 2. The summed E-state index contributed by atoms with van der Waals surface area (Å²) in [5, 5.41) is 3.10. The zero-order valence-electron chi connectivity index (χ0n) is 21.1. The molecule has 0 bridgehead atoms. The zero-order valence-corrected chi connectivity index (χ0v) is 21.1. The molecule has 2 aromatic rings. The molecule has 2 heterocycles. The lowest BCUT2D eigenvalue weighted by Gasteiger charge is -2.32. The van der Waals surface area contributed by atoms with Gasteiger partial charge >= 0.3 is 7.12 Å². The van der Waals surface area contributed by atoms with Crippen LogP contribution < -0.4 is 11.1 Å². The number of methoxy groups -OCH3 is 1. The highest BCUT2D eigenvalue weighted by molar-refractivity contribution is 6.48. The van der Waals surface area contributed by atoms with Crippen LogP contribution in [0.25, 0.3) is 0 Å². The van der Waals surface area contributed by atoms with Gasteiger partial charge in [-0.2, -0.15) is 0 Å². The van der Waals surface area contributed by atoms with E-state index in [2.05, 4.69) is 27.4 Å². The molecule has 35 heavy (non-hydrogen) atoms. The Hall–Kier alpha value is -2.82. The molecule has 1 saturated heterocycles. The first kappa shape index (κ1) is 26.8. The van der Waals surface area contributed by atoms with Crippen LogP contribution in [0.1, 0.15) is 68.2 Å². The van der Waals surface area contributed by atoms with Crippen LogP contribution in [0.2, 0.25) is 0 Å². The molecule has 3 N–H and O–H groups in total. The van der Waals surface area contributed by atoms with Crippen molar-refractivity contribution in [1.82, 2.24) is 15.3 Å². The van der Waals surface area contributed by atoms with Gasteiger partial charge in [0.1, 0.15) is 11.7 Å². The molecule has 1 fully saturated rings. The first-order valence-corrected chi connectivity index (χ1v) is 11.8. The van der Waals surface area contributed by atoms with Gasteiger partial charge in [-0.25, -0.2) is 9.97 Å². The fraction of sp³-hybridized carbons (Fsp3) is 0.520. The van der Waals surface area contributed by atoms with Crippen LogP contribution in [-0.2, 0) is 25.3 Å². The second kappa shape index (κ2) is 11.3. The van der Waals surface area contributed by atoms with Crippen molar-refractivity contribution in [3.63, 3.8) is 0 Å². The lowest BCUT2D eigenvalue weighted by Crippen LogP contribution is -2.50. The van der Waals surface area contributed by atoms with Crippen LogP contribution in [0.4, 0.5) is 0 Å². The van der Waals surface area contributed by atoms with E-state index in [4.69, 9.17) is 19.8 Å². The van der Waals surface area contributed by atoms with E-state index in [9.17, 15) is 9.59 Å². The number of primary amides is 1. The van der Waals surface area contributed by atoms with Crippen molar-refractivity contribution < 1.29 is 23.6 Å². The smallest absolute Gasteiger partial charge is 0.402 e. The fourth-order valence-electron chi connectivity index (χ4n) is 3.86. The Balaban J connectivity index is 1.77. The summed E-state index contributed by atoms with van der Waals surface area (Å²) in [6, 6.07) is 10.2. The Kier molecular flexibility index (Phi) is 8.63. The molecule has 0 unspecified atom stereocenters. The maximum absolute atomic E-state index is 13.4. The second-order valence-electron chi connectivity index (χ2n) is 9.82. The minimum absolute atomic E-state index is 0.0713. The van der Waals surface area contributed by atoms with Crippen molar-refractivity contribution in [2.45, 2.75) is 70.0 Å². The minimum Gasteiger partial charge on any atom is -0.402 e. The van der Waals surface area contributed by atoms with Crippen LogP contribution in [-0.4, -0.2) is 59.8 Å². The highest BCUT2D eigenvalue weighted by atomic mass is 16.7. The third kappa shape index (κ3) is 6.65. The number of nitrogens with two attached hydrogens (primary N) is 1. The second-order valence-corrected chi connectivity index (χ2v) is 9.82. The van der Waals surface area contributed by atoms with Crippen molar-refractivity contribution in [1.29, 1.82) is 0 Å². The molecular formula is C25H35BN4O5. The number of ether oxygens (including phenoxy) is 1. The Morgan fingerprint density at radius 2 is 1.69 bits per heavy atom. The van der Waals surface area contributed by atoms with Gasteiger partial charge in [0.2, 0.25) is 5.91 Å². The van der Waals surface area contributed by atoms with Crippen molar-refractivity contribution in [3.8, 4) is 0 Å². The molecule has 9 nitrogen and oxygen atoms in total. The van der Waals surface area contributed by atoms with Crippen LogP contribution in [0.15, 0.2) is 42.7 Å². The van der Waals surface area contributed by atoms with Gasteiger partial charge in [-0.1, -0.05) is 30.3 Å². The van der Waals surface area contributed by atoms with Crippen molar-refractivity contribution in [3.05, 3.63) is 59.7 Å². The number of aromatic nitrogens is 2. The van der Waals surface area contributed by atoms with E-state index in [1.165, 1.54) is 25.1 Å². The summed E-state index contributed by atoms with van der Waals surface area (Å²) in [6.45, 7) is 8.01. The SMILES string of the molecule is COC[C@H](C(=O)N[C@@H](CCCc1ccccc1)B1OC(C)(C)C(C)(C)O1)c1ncc(C(N)=O)cn1. The third-order valence-electron chi connectivity index (χ3n) is 6.67. The predicted molar refractivity (Wildman–Crippen MR) is 133 cm³/mol. The van der Waals surface area contributed by atoms with E-state index in [0.717, 1.165) is 12.8 Å². The summed E-state index contributed by atoms with van der Waals surface area (Å²) >= 11 is 0. The molecule has 10 heteroatoms. The van der Waals surface area contributed by atoms with Gasteiger partial charge in [0.25, 0.3) is 5.91 Å². The van der Waals surface area contributed by atoms with E-state index in [0.29, 0.717) is 6.42 Å². The predicted octanol–water partition coefficient (Wildman–Crippen LogP) is 2.44. The Bertz CT molecular complexity index is 985. The highest BCUT2D eigenvalue weighted by Crippen LogP contribution is 2.38. The molecule has 0 spiro atoms. The normalized spacial score (nSPS) is 18.1. The number of nitrogens with one attached hydrogen (secondary N) is 1. The summed E-state index contributed by atoms with van der Waals surface area (Å²) in [6.07, 6.45) is 4.97. The topological polar surface area (TPSA) is 126 Å². The molecule has 1 aromatic carbocycles. The third-order valence-corrected chi connectivity index (χ3v) is 6.67. The van der Waals surface area contributed by atoms with Gasteiger partial charge in [0.05, 0.1) is 29.3 Å². The summed E-state index contributed by atoms with van der Waals surface area (Å²) in [5.74, 6) is -1.87. The molecule has 0 aliphatic carbocycles. The van der Waals surface area contributed by atoms with Crippen LogP contribution in [0, 0.1) is 0 Å². The maximum Gasteiger partial charge on any atom is 0.481 e. The van der Waals surface area contributed by atoms with Crippen molar-refractivity contribution in [2.24, 2.45) is 5.73 Å². The average Bonchev–Trinajstić information content (AvgIpc) is 3.04. The molecular weight excluding hydrogens is 447 g/mol. The number of benzene rings is 1. The molecule has 0 saturated carbocycles. The minimum atomic E-state index is -0.777. The molecule has 1 aliphatic heterocycles. The summed E-state index contributed by atoms with van der Waals surface area (Å²) in [5.41, 5.74) is 5.62. The summed E-state index contributed by atoms with van der Waals surface area (Å²) in [4.78, 5) is 33.1. The Morgan fingerprint density at radius 3 is 2.23 bits per heavy atom. The zero-order chi connectivity index (χ0) is 25.6. The van der Waals surface area contributed by atoms with Crippen molar-refractivity contribution >= 4 is 18.9 Å². The molecule has 0 radical (unpaired) electrons. The maximum atomic E-state index is 13.4. The summed E-state index contributed by atoms with van der Waals surface area (Å²) < 4.78 is 17.8. The van der Waals surface area contributed by atoms with E-state index in [1.807, 2.05) is 45.9 Å². The first-order valence-electron chi connectivity index (χ1n) is 11.8. The number of rotatable bonds is 11. The number of amides is 2. The Morgan fingerprint density at radius 1 is 1.09 bits per heavy atom. The average molecular weight is 482 g/mol. The largest absolute Gasteiger partial charge is 0.481 e. The monoisotopic (exact) mass is 482 g/mol. The lowest BCUT2D eigenvalue weighted by atomic mass is 9.75. The molecule has 1 aromatic heterocycles. The highest BCUT2D eigenvalue weighted by Gasteiger charge is 2.54. The summed E-state index contributed by atoms with van der Waals surface area (Å²) in [7, 11) is 0.893. The van der Waals surface area contributed by atoms with Crippen LogP contribution >= 0.6 is 0 Å². The van der Waals surface area contributed by atoms with E-state index in [-0.39, 0.29) is 23.9 Å². The Labute approximate surface area is 207 Å². The van der Waals surface area contributed by atoms with E-state index < -0.39 is 36.1 Å². The van der Waals surface area contributed by atoms with Gasteiger partial charge in [0, 0.05) is 19.5 Å². The number of carbonyl (C=O) groups is 2. The first-order chi connectivity index (χ1) is 16.5. The quantitative estimate of drug-likeness (QED) is 0.471. The number of hydrogen-bond acceptors (Lipinski definition) is 7. The van der Waals surface area contributed by atoms with Gasteiger partial charge in [-0.15, -0.1) is 0 Å². The molecule has 188 valence electrons. The van der Waals surface area contributed by atoms with E-state index >= 15 is 0 Å². The van der Waals surface area contributed by atoms with Gasteiger partial charge in [-0.3, -0.25) is 9.59 Å². The lowest BCUT2D eigenvalue weighted by molar-refractivity contribution is -0.124. The van der Waals surface area contributed by atoms with E-state index in [1.54, 1.807) is 0 Å². The van der Waals surface area contributed by atoms with Crippen molar-refractivity contribution in [2.75, 3.05) is 13.7 Å². The van der Waals surface area contributed by atoms with Gasteiger partial charge in [0.15, 0.2) is 0 Å².